The molecule has 2 unspecified atom stereocenters. The van der Waals surface area contributed by atoms with Gasteiger partial charge in [-0.1, -0.05) is 6.92 Å². The second-order valence-corrected chi connectivity index (χ2v) is 6.71. The molecule has 7 heteroatoms. The van der Waals surface area contributed by atoms with E-state index >= 15 is 0 Å². The third-order valence-corrected chi connectivity index (χ3v) is 4.93. The maximum atomic E-state index is 12.5. The number of halogens is 2. The Kier molecular flexibility index (Phi) is 5.94. The van der Waals surface area contributed by atoms with E-state index in [4.69, 9.17) is 0 Å². The highest BCUT2D eigenvalue weighted by Crippen LogP contribution is 2.24. The molecule has 0 aromatic rings. The van der Waals surface area contributed by atoms with Gasteiger partial charge in [-0.25, -0.2) is 8.42 Å². The number of piperidine rings is 1. The molecule has 0 aromatic heterocycles. The number of rotatable bonds is 6. The number of sulfonamides is 1. The van der Waals surface area contributed by atoms with E-state index in [-0.39, 0.29) is 25.0 Å². The normalized spacial score (nSPS) is 24.4. The fraction of sp³-hybridized carbons (Fsp3) is 1.00. The molecule has 0 radical (unpaired) electrons. The molecule has 0 bridgehead atoms. The van der Waals surface area contributed by atoms with E-state index in [2.05, 4.69) is 5.32 Å². The summed E-state index contributed by atoms with van der Waals surface area (Å²) < 4.78 is 48.8. The van der Waals surface area contributed by atoms with E-state index < -0.39 is 15.8 Å². The van der Waals surface area contributed by atoms with Crippen molar-refractivity contribution in [1.29, 1.82) is 0 Å². The predicted octanol–water partition coefficient (Wildman–Crippen LogP) is 1.64. The molecule has 1 rings (SSSR count). The molecular weight excluding hydrogens is 262 g/mol. The Labute approximate surface area is 108 Å². The molecule has 108 valence electrons. The minimum atomic E-state index is -4.41. The second-order valence-electron chi connectivity index (χ2n) is 4.81. The maximum absolute atomic E-state index is 12.5. The summed E-state index contributed by atoms with van der Waals surface area (Å²) in [6, 6.07) is 0.153. The van der Waals surface area contributed by atoms with Crippen LogP contribution in [0.25, 0.3) is 0 Å². The molecule has 0 aliphatic carbocycles. The molecule has 0 spiro atoms. The number of hydrogen-bond donors (Lipinski definition) is 1. The zero-order valence-electron chi connectivity index (χ0n) is 10.9. The zero-order chi connectivity index (χ0) is 13.8. The predicted molar refractivity (Wildman–Crippen MR) is 67.0 cm³/mol. The molecule has 1 heterocycles. The van der Waals surface area contributed by atoms with Crippen molar-refractivity contribution in [3.05, 3.63) is 0 Å². The number of hydrogen-bond acceptors (Lipinski definition) is 3. The van der Waals surface area contributed by atoms with Crippen LogP contribution in [0.4, 0.5) is 8.78 Å². The van der Waals surface area contributed by atoms with E-state index in [1.54, 1.807) is 0 Å². The lowest BCUT2D eigenvalue weighted by Crippen LogP contribution is -2.48. The van der Waals surface area contributed by atoms with Gasteiger partial charge in [-0.05, 0) is 38.6 Å². The topological polar surface area (TPSA) is 49.4 Å². The van der Waals surface area contributed by atoms with Gasteiger partial charge in [-0.15, -0.1) is 0 Å². The minimum Gasteiger partial charge on any atom is -0.314 e. The standard InChI is InChI=1S/C11H22F2N2O2S/c1-3-6-14-9(2)10-5-4-7-15(8-10)18(16,17)11(12)13/h9-11,14H,3-8H2,1-2H3. The fourth-order valence-corrected chi connectivity index (χ4v) is 3.27. The summed E-state index contributed by atoms with van der Waals surface area (Å²) in [5, 5.41) is 3.29. The van der Waals surface area contributed by atoms with Crippen LogP contribution in [0.3, 0.4) is 0 Å². The molecule has 0 amide bonds. The van der Waals surface area contributed by atoms with Gasteiger partial charge in [0, 0.05) is 19.1 Å². The third kappa shape index (κ3) is 3.86. The first-order valence-corrected chi connectivity index (χ1v) is 7.90. The summed E-state index contributed by atoms with van der Waals surface area (Å²) >= 11 is 0. The SMILES string of the molecule is CCCNC(C)C1CCCN(S(=O)(=O)C(F)F)C1. The summed E-state index contributed by atoms with van der Waals surface area (Å²) in [7, 11) is -4.41. The van der Waals surface area contributed by atoms with Crippen LogP contribution >= 0.6 is 0 Å². The third-order valence-electron chi connectivity index (χ3n) is 3.43. The van der Waals surface area contributed by atoms with Crippen molar-refractivity contribution in [3.8, 4) is 0 Å². The Hall–Kier alpha value is -0.270. The molecule has 2 atom stereocenters. The number of nitrogens with one attached hydrogen (secondary N) is 1. The van der Waals surface area contributed by atoms with E-state index in [0.29, 0.717) is 6.42 Å². The quantitative estimate of drug-likeness (QED) is 0.806. The summed E-state index contributed by atoms with van der Waals surface area (Å²) in [4.78, 5) is 0. The van der Waals surface area contributed by atoms with E-state index in [9.17, 15) is 17.2 Å². The van der Waals surface area contributed by atoms with Gasteiger partial charge in [-0.2, -0.15) is 13.1 Å². The molecule has 0 saturated carbocycles. The molecule has 1 aliphatic rings. The average Bonchev–Trinajstić information content (AvgIpc) is 2.35. The van der Waals surface area contributed by atoms with Crippen LogP contribution in [-0.4, -0.2) is 44.2 Å². The Balaban J connectivity index is 2.61. The highest BCUT2D eigenvalue weighted by Gasteiger charge is 2.36. The van der Waals surface area contributed by atoms with Crippen molar-refractivity contribution in [1.82, 2.24) is 9.62 Å². The maximum Gasteiger partial charge on any atom is 0.350 e. The fourth-order valence-electron chi connectivity index (χ4n) is 2.26. The van der Waals surface area contributed by atoms with Gasteiger partial charge in [0.1, 0.15) is 0 Å². The first-order chi connectivity index (χ1) is 8.39. The van der Waals surface area contributed by atoms with Crippen molar-refractivity contribution in [2.24, 2.45) is 5.92 Å². The minimum absolute atomic E-state index is 0.110. The zero-order valence-corrected chi connectivity index (χ0v) is 11.7. The highest BCUT2D eigenvalue weighted by atomic mass is 32.2. The average molecular weight is 284 g/mol. The van der Waals surface area contributed by atoms with Crippen molar-refractivity contribution in [2.45, 2.75) is 44.9 Å². The molecule has 1 saturated heterocycles. The van der Waals surface area contributed by atoms with Crippen LogP contribution < -0.4 is 5.32 Å². The second kappa shape index (κ2) is 6.77. The summed E-state index contributed by atoms with van der Waals surface area (Å²) in [5.41, 5.74) is 0. The lowest BCUT2D eigenvalue weighted by atomic mass is 9.93. The Morgan fingerprint density at radius 3 is 2.67 bits per heavy atom. The number of alkyl halides is 2. The Morgan fingerprint density at radius 1 is 1.44 bits per heavy atom. The molecule has 1 fully saturated rings. The monoisotopic (exact) mass is 284 g/mol. The largest absolute Gasteiger partial charge is 0.350 e. The molecule has 0 aromatic carbocycles. The molecule has 1 aliphatic heterocycles. The van der Waals surface area contributed by atoms with Crippen LogP contribution in [0, 0.1) is 5.92 Å². The van der Waals surface area contributed by atoms with Crippen LogP contribution in [0.15, 0.2) is 0 Å². The summed E-state index contributed by atoms with van der Waals surface area (Å²) in [5.74, 6) is -3.20. The van der Waals surface area contributed by atoms with Crippen molar-refractivity contribution in [2.75, 3.05) is 19.6 Å². The van der Waals surface area contributed by atoms with Crippen LogP contribution in [0.2, 0.25) is 0 Å². The van der Waals surface area contributed by atoms with E-state index in [1.807, 2.05) is 13.8 Å². The van der Waals surface area contributed by atoms with Crippen LogP contribution in [0.5, 0.6) is 0 Å². The van der Waals surface area contributed by atoms with Gasteiger partial charge in [0.2, 0.25) is 0 Å². The summed E-state index contributed by atoms with van der Waals surface area (Å²) in [6.45, 7) is 5.31. The van der Waals surface area contributed by atoms with Gasteiger partial charge in [0.25, 0.3) is 10.0 Å². The van der Waals surface area contributed by atoms with Gasteiger partial charge in [0.15, 0.2) is 0 Å². The van der Waals surface area contributed by atoms with Crippen LogP contribution in [0.1, 0.15) is 33.1 Å². The molecule has 18 heavy (non-hydrogen) atoms. The van der Waals surface area contributed by atoms with E-state index in [1.165, 1.54) is 0 Å². The van der Waals surface area contributed by atoms with Gasteiger partial charge >= 0.3 is 5.76 Å². The van der Waals surface area contributed by atoms with Gasteiger partial charge in [-0.3, -0.25) is 0 Å². The van der Waals surface area contributed by atoms with Crippen LogP contribution in [-0.2, 0) is 10.0 Å². The lowest BCUT2D eigenvalue weighted by Gasteiger charge is -2.35. The smallest absolute Gasteiger partial charge is 0.314 e. The Morgan fingerprint density at radius 2 is 2.11 bits per heavy atom. The van der Waals surface area contributed by atoms with Crippen molar-refractivity contribution < 1.29 is 17.2 Å². The highest BCUT2D eigenvalue weighted by molar-refractivity contribution is 7.89. The van der Waals surface area contributed by atoms with Gasteiger partial charge < -0.3 is 5.32 Å². The first-order valence-electron chi connectivity index (χ1n) is 6.40. The Bertz CT molecular complexity index is 349. The van der Waals surface area contributed by atoms with Crippen molar-refractivity contribution in [3.63, 3.8) is 0 Å². The van der Waals surface area contributed by atoms with Gasteiger partial charge in [0.05, 0.1) is 0 Å². The first kappa shape index (κ1) is 15.8. The molecule has 1 N–H and O–H groups in total. The molecule has 4 nitrogen and oxygen atoms in total. The van der Waals surface area contributed by atoms with E-state index in [0.717, 1.165) is 23.7 Å². The lowest BCUT2D eigenvalue weighted by molar-refractivity contribution is 0.188. The number of nitrogens with zero attached hydrogens (tertiary/aromatic N) is 1. The van der Waals surface area contributed by atoms with Crippen molar-refractivity contribution >= 4 is 10.0 Å². The summed E-state index contributed by atoms with van der Waals surface area (Å²) in [6.07, 6.45) is 2.53. The molecular formula is C11H22F2N2O2S.